The van der Waals surface area contributed by atoms with Crippen molar-refractivity contribution in [1.82, 2.24) is 4.90 Å². The number of carbonyl (C=O) groups excluding carboxylic acids is 1. The number of likely N-dealkylation sites (tertiary alicyclic amines) is 1. The molecule has 0 aromatic rings. The molecule has 2 aliphatic rings. The predicted octanol–water partition coefficient (Wildman–Crippen LogP) is 2.94. The SMILES string of the molecule is NCCC1CCCN(C(=O)C2CCC(C(F)(F)F)CC2)C1. The molecule has 0 bridgehead atoms. The van der Waals surface area contributed by atoms with Crippen molar-refractivity contribution in [3.05, 3.63) is 0 Å². The van der Waals surface area contributed by atoms with Gasteiger partial charge in [0.15, 0.2) is 0 Å². The van der Waals surface area contributed by atoms with Gasteiger partial charge in [0.25, 0.3) is 0 Å². The summed E-state index contributed by atoms with van der Waals surface area (Å²) in [6, 6.07) is 0. The molecule has 1 saturated carbocycles. The largest absolute Gasteiger partial charge is 0.391 e. The minimum atomic E-state index is -4.11. The lowest BCUT2D eigenvalue weighted by Gasteiger charge is -2.37. The van der Waals surface area contributed by atoms with Gasteiger partial charge in [-0.3, -0.25) is 4.79 Å². The number of amides is 1. The lowest BCUT2D eigenvalue weighted by molar-refractivity contribution is -0.185. The first-order chi connectivity index (χ1) is 9.91. The van der Waals surface area contributed by atoms with Crippen molar-refractivity contribution in [2.24, 2.45) is 23.5 Å². The zero-order chi connectivity index (χ0) is 15.5. The van der Waals surface area contributed by atoms with Crippen LogP contribution in [0.3, 0.4) is 0 Å². The number of rotatable bonds is 3. The van der Waals surface area contributed by atoms with E-state index in [0.717, 1.165) is 32.4 Å². The molecule has 1 heterocycles. The van der Waals surface area contributed by atoms with Crippen molar-refractivity contribution in [2.75, 3.05) is 19.6 Å². The molecule has 1 aliphatic heterocycles. The number of halogens is 3. The number of nitrogens with two attached hydrogens (primary N) is 1. The van der Waals surface area contributed by atoms with E-state index in [1.807, 2.05) is 4.90 Å². The average Bonchev–Trinajstić information content (AvgIpc) is 2.46. The Morgan fingerprint density at radius 1 is 1.14 bits per heavy atom. The molecule has 0 radical (unpaired) electrons. The van der Waals surface area contributed by atoms with E-state index in [9.17, 15) is 18.0 Å². The third kappa shape index (κ3) is 4.34. The number of piperidine rings is 1. The normalized spacial score (nSPS) is 31.2. The average molecular weight is 306 g/mol. The van der Waals surface area contributed by atoms with Crippen LogP contribution >= 0.6 is 0 Å². The fourth-order valence-corrected chi connectivity index (χ4v) is 3.66. The summed E-state index contributed by atoms with van der Waals surface area (Å²) in [5, 5.41) is 0. The molecule has 1 amide bonds. The number of alkyl halides is 3. The van der Waals surface area contributed by atoms with Crippen LogP contribution in [0, 0.1) is 17.8 Å². The molecule has 0 aromatic carbocycles. The Kier molecular flexibility index (Phi) is 5.52. The number of nitrogens with zero attached hydrogens (tertiary/aromatic N) is 1. The van der Waals surface area contributed by atoms with Crippen LogP contribution < -0.4 is 5.73 Å². The van der Waals surface area contributed by atoms with E-state index in [1.54, 1.807) is 0 Å². The minimum Gasteiger partial charge on any atom is -0.342 e. The van der Waals surface area contributed by atoms with Crippen LogP contribution in [0.15, 0.2) is 0 Å². The van der Waals surface area contributed by atoms with E-state index in [0.29, 0.717) is 25.3 Å². The fourth-order valence-electron chi connectivity index (χ4n) is 3.66. The molecule has 21 heavy (non-hydrogen) atoms. The van der Waals surface area contributed by atoms with Crippen molar-refractivity contribution >= 4 is 5.91 Å². The van der Waals surface area contributed by atoms with E-state index in [2.05, 4.69) is 0 Å². The Hall–Kier alpha value is -0.780. The van der Waals surface area contributed by atoms with Crippen LogP contribution in [0.5, 0.6) is 0 Å². The van der Waals surface area contributed by atoms with E-state index >= 15 is 0 Å². The highest BCUT2D eigenvalue weighted by Gasteiger charge is 2.43. The molecular formula is C15H25F3N2O. The fraction of sp³-hybridized carbons (Fsp3) is 0.933. The van der Waals surface area contributed by atoms with Crippen LogP contribution in [-0.2, 0) is 4.79 Å². The monoisotopic (exact) mass is 306 g/mol. The minimum absolute atomic E-state index is 0.0670. The summed E-state index contributed by atoms with van der Waals surface area (Å²) in [7, 11) is 0. The van der Waals surface area contributed by atoms with Gasteiger partial charge in [0, 0.05) is 19.0 Å². The van der Waals surface area contributed by atoms with Gasteiger partial charge in [0.2, 0.25) is 5.91 Å². The molecule has 3 nitrogen and oxygen atoms in total. The molecule has 2 rings (SSSR count). The van der Waals surface area contributed by atoms with Gasteiger partial charge in [0.1, 0.15) is 0 Å². The first kappa shape index (κ1) is 16.6. The Balaban J connectivity index is 1.84. The Morgan fingerprint density at radius 3 is 2.38 bits per heavy atom. The molecule has 2 fully saturated rings. The molecule has 0 spiro atoms. The lowest BCUT2D eigenvalue weighted by Crippen LogP contribution is -2.44. The molecule has 1 atom stereocenters. The van der Waals surface area contributed by atoms with Crippen molar-refractivity contribution in [2.45, 2.75) is 51.1 Å². The maximum absolute atomic E-state index is 12.7. The third-order valence-electron chi connectivity index (χ3n) is 4.94. The smallest absolute Gasteiger partial charge is 0.342 e. The summed E-state index contributed by atoms with van der Waals surface area (Å²) in [6.45, 7) is 2.11. The van der Waals surface area contributed by atoms with Gasteiger partial charge in [0.05, 0.1) is 5.92 Å². The highest BCUT2D eigenvalue weighted by Crippen LogP contribution is 2.40. The second-order valence-electron chi connectivity index (χ2n) is 6.46. The predicted molar refractivity (Wildman–Crippen MR) is 74.5 cm³/mol. The molecule has 122 valence electrons. The summed E-state index contributed by atoms with van der Waals surface area (Å²) in [6.07, 6.45) is -0.159. The lowest BCUT2D eigenvalue weighted by atomic mass is 9.80. The Bertz CT molecular complexity index is 349. The molecule has 2 N–H and O–H groups in total. The summed E-state index contributed by atoms with van der Waals surface area (Å²) < 4.78 is 38.0. The van der Waals surface area contributed by atoms with Crippen LogP contribution in [0.1, 0.15) is 44.9 Å². The quantitative estimate of drug-likeness (QED) is 0.871. The van der Waals surface area contributed by atoms with Gasteiger partial charge in [-0.05, 0) is 57.4 Å². The van der Waals surface area contributed by atoms with E-state index in [1.165, 1.54) is 0 Å². The molecule has 6 heteroatoms. The summed E-state index contributed by atoms with van der Waals surface area (Å²) in [5.41, 5.74) is 5.57. The maximum Gasteiger partial charge on any atom is 0.391 e. The van der Waals surface area contributed by atoms with Crippen molar-refractivity contribution in [1.29, 1.82) is 0 Å². The van der Waals surface area contributed by atoms with Crippen LogP contribution in [-0.4, -0.2) is 36.6 Å². The van der Waals surface area contributed by atoms with Gasteiger partial charge >= 0.3 is 6.18 Å². The van der Waals surface area contributed by atoms with Crippen LogP contribution in [0.4, 0.5) is 13.2 Å². The topological polar surface area (TPSA) is 46.3 Å². The van der Waals surface area contributed by atoms with Gasteiger partial charge in [-0.15, -0.1) is 0 Å². The molecule has 1 aliphatic carbocycles. The van der Waals surface area contributed by atoms with Crippen molar-refractivity contribution < 1.29 is 18.0 Å². The number of hydrogen-bond acceptors (Lipinski definition) is 2. The highest BCUT2D eigenvalue weighted by atomic mass is 19.4. The Labute approximate surface area is 124 Å². The Morgan fingerprint density at radius 2 is 1.81 bits per heavy atom. The summed E-state index contributed by atoms with van der Waals surface area (Å²) in [5.74, 6) is -0.898. The van der Waals surface area contributed by atoms with Crippen LogP contribution in [0.2, 0.25) is 0 Å². The zero-order valence-corrected chi connectivity index (χ0v) is 12.4. The van der Waals surface area contributed by atoms with Gasteiger partial charge in [-0.1, -0.05) is 0 Å². The first-order valence-corrected chi connectivity index (χ1v) is 7.97. The first-order valence-electron chi connectivity index (χ1n) is 7.97. The third-order valence-corrected chi connectivity index (χ3v) is 4.94. The van der Waals surface area contributed by atoms with Crippen LogP contribution in [0.25, 0.3) is 0 Å². The summed E-state index contributed by atoms with van der Waals surface area (Å²) in [4.78, 5) is 14.3. The standard InChI is InChI=1S/C15H25F3N2O/c16-15(17,18)13-5-3-12(4-6-13)14(21)20-9-1-2-11(10-20)7-8-19/h11-13H,1-10,19H2. The molecular weight excluding hydrogens is 281 g/mol. The van der Waals surface area contributed by atoms with E-state index in [4.69, 9.17) is 5.73 Å². The number of carbonyl (C=O) groups is 1. The second kappa shape index (κ2) is 6.99. The number of hydrogen-bond donors (Lipinski definition) is 1. The van der Waals surface area contributed by atoms with Crippen molar-refractivity contribution in [3.8, 4) is 0 Å². The summed E-state index contributed by atoms with van der Waals surface area (Å²) >= 11 is 0. The van der Waals surface area contributed by atoms with Gasteiger partial charge < -0.3 is 10.6 Å². The molecule has 0 aromatic heterocycles. The van der Waals surface area contributed by atoms with E-state index in [-0.39, 0.29) is 24.7 Å². The van der Waals surface area contributed by atoms with E-state index < -0.39 is 12.1 Å². The van der Waals surface area contributed by atoms with Gasteiger partial charge in [-0.25, -0.2) is 0 Å². The second-order valence-corrected chi connectivity index (χ2v) is 6.46. The molecule has 1 unspecified atom stereocenters. The zero-order valence-electron chi connectivity index (χ0n) is 12.4. The maximum atomic E-state index is 12.7. The van der Waals surface area contributed by atoms with Crippen molar-refractivity contribution in [3.63, 3.8) is 0 Å². The van der Waals surface area contributed by atoms with Gasteiger partial charge in [-0.2, -0.15) is 13.2 Å². The molecule has 1 saturated heterocycles. The highest BCUT2D eigenvalue weighted by molar-refractivity contribution is 5.79.